The van der Waals surface area contributed by atoms with Gasteiger partial charge in [-0.2, -0.15) is 13.2 Å². The van der Waals surface area contributed by atoms with Gasteiger partial charge >= 0.3 is 53.9 Å². The lowest BCUT2D eigenvalue weighted by Crippen LogP contribution is -2.16. The van der Waals surface area contributed by atoms with Crippen molar-refractivity contribution in [3.8, 4) is 12.3 Å². The van der Waals surface area contributed by atoms with Gasteiger partial charge in [-0.25, -0.2) is 42.7 Å². The van der Waals surface area contributed by atoms with Crippen LogP contribution < -0.4 is 0 Å². The number of halogens is 7. The molecule has 590 valence electrons. The first-order chi connectivity index (χ1) is 51.1. The van der Waals surface area contributed by atoms with Gasteiger partial charge in [0.25, 0.3) is 0 Å². The van der Waals surface area contributed by atoms with Crippen LogP contribution in [-0.2, 0) is 165 Å². The number of esters is 8. The standard InChI is InChI=1S/C11H11F3O3.C11H14O3.2C10H11BrO3.C10H11ClO3.C10H11FO3.C7H10O3.C6H12O4/c1-16-7-10(15)17-6-8-4-2-3-5-9(8)11(12,13)14;1-9-3-5-10(6-4-9)7-14-11(12)8-13-2;1-13-7-10(12)14-6-8-2-4-9(11)5-3-8;1-13-7-10(12)14-6-8-4-2-3-5-9(8)11;2*1-13-7-10(12)14-6-8-2-4-9(11)5-3-8;1-4-6(2)10-7(8)5-9-3;1-8-3-4-10-6(7)5-9-2/h2-5H,6-7H2,1H3;3-6H,7-8H2,1-2H3;4*2-5H,6-7H2,1H3;1,6H,5H2,2-3H3;3-5H2,1-2H3. The van der Waals surface area contributed by atoms with Crippen LogP contribution >= 0.6 is 43.5 Å². The zero-order chi connectivity index (χ0) is 80.6. The highest BCUT2D eigenvalue weighted by Gasteiger charge is 2.33. The Morgan fingerprint density at radius 2 is 0.710 bits per heavy atom. The second-order valence-electron chi connectivity index (χ2n) is 20.6. The van der Waals surface area contributed by atoms with Crippen LogP contribution in [0.3, 0.4) is 0 Å². The van der Waals surface area contributed by atoms with Gasteiger partial charge in [-0.1, -0.05) is 152 Å². The van der Waals surface area contributed by atoms with Crippen molar-refractivity contribution in [2.24, 2.45) is 0 Å². The van der Waals surface area contributed by atoms with Gasteiger partial charge in [0.05, 0.1) is 12.2 Å². The van der Waals surface area contributed by atoms with Gasteiger partial charge in [-0.3, -0.25) is 0 Å². The molecule has 0 amide bonds. The van der Waals surface area contributed by atoms with E-state index in [4.69, 9.17) is 41.7 Å². The van der Waals surface area contributed by atoms with Crippen molar-refractivity contribution >= 4 is 91.2 Å². The number of rotatable bonds is 32. The van der Waals surface area contributed by atoms with Gasteiger partial charge in [0.2, 0.25) is 0 Å². The zero-order valence-corrected chi connectivity index (χ0v) is 65.1. The minimum atomic E-state index is -4.45. The second kappa shape index (κ2) is 64.4. The second-order valence-corrected chi connectivity index (χ2v) is 22.8. The predicted octanol–water partition coefficient (Wildman–Crippen LogP) is 11.9. The smallest absolute Gasteiger partial charge is 0.416 e. The fourth-order valence-corrected chi connectivity index (χ4v) is 7.46. The molecule has 0 fully saturated rings. The molecule has 0 bridgehead atoms. The molecule has 0 spiro atoms. The van der Waals surface area contributed by atoms with E-state index < -0.39 is 42.4 Å². The van der Waals surface area contributed by atoms with Crippen LogP contribution in [-0.4, -0.2) is 184 Å². The molecule has 0 aliphatic rings. The minimum absolute atomic E-state index is 0.00344. The van der Waals surface area contributed by atoms with Gasteiger partial charge in [-0.15, -0.1) is 6.42 Å². The molecule has 0 saturated carbocycles. The third-order valence-corrected chi connectivity index (χ3v) is 13.3. The van der Waals surface area contributed by atoms with Crippen molar-refractivity contribution in [1.29, 1.82) is 0 Å². The highest BCUT2D eigenvalue weighted by Crippen LogP contribution is 2.32. The molecule has 0 radical (unpaired) electrons. The molecule has 6 rings (SSSR count). The number of benzene rings is 6. The highest BCUT2D eigenvalue weighted by molar-refractivity contribution is 9.10. The number of aryl methyl sites for hydroxylation is 1. The first kappa shape index (κ1) is 100. The first-order valence-corrected chi connectivity index (χ1v) is 33.4. The molecule has 0 heterocycles. The third kappa shape index (κ3) is 57.2. The summed E-state index contributed by atoms with van der Waals surface area (Å²) in [7, 11) is 12.9. The molecule has 1 unspecified atom stereocenters. The zero-order valence-electron chi connectivity index (χ0n) is 61.2. The average Bonchev–Trinajstić information content (AvgIpc) is 0.836. The third-order valence-electron chi connectivity index (χ3n) is 11.7. The van der Waals surface area contributed by atoms with Crippen molar-refractivity contribution in [3.05, 3.63) is 210 Å². The van der Waals surface area contributed by atoms with E-state index in [1.807, 2.05) is 91.9 Å². The van der Waals surface area contributed by atoms with E-state index in [1.165, 1.54) is 92.8 Å². The Balaban J connectivity index is 0. The van der Waals surface area contributed by atoms with Gasteiger partial charge in [0.1, 0.15) is 105 Å². The Hall–Kier alpha value is -8.75. The molecule has 107 heavy (non-hydrogen) atoms. The summed E-state index contributed by atoms with van der Waals surface area (Å²) in [5.41, 5.74) is 4.84. The Kier molecular flexibility index (Phi) is 60.4. The fourth-order valence-electron chi connectivity index (χ4n) is 6.67. The molecule has 0 aliphatic carbocycles. The van der Waals surface area contributed by atoms with Crippen molar-refractivity contribution < 1.29 is 136 Å². The molecule has 0 saturated heterocycles. The van der Waals surface area contributed by atoms with Crippen LogP contribution in [0.1, 0.15) is 51.4 Å². The van der Waals surface area contributed by atoms with E-state index in [2.05, 4.69) is 94.6 Å². The number of methoxy groups -OCH3 is 9. The normalized spacial score (nSPS) is 10.2. The van der Waals surface area contributed by atoms with E-state index in [-0.39, 0.29) is 121 Å². The number of ether oxygens (including phenoxy) is 17. The van der Waals surface area contributed by atoms with Gasteiger partial charge in [0.15, 0.2) is 6.10 Å². The molecule has 32 heteroatoms. The number of carbonyl (C=O) groups is 8. The maximum absolute atomic E-state index is 12.6. The van der Waals surface area contributed by atoms with Crippen LogP contribution in [0.2, 0.25) is 5.02 Å². The number of hydrogen-bond donors (Lipinski definition) is 0. The lowest BCUT2D eigenvalue weighted by Gasteiger charge is -2.12. The van der Waals surface area contributed by atoms with Crippen LogP contribution in [0.15, 0.2) is 155 Å². The summed E-state index contributed by atoms with van der Waals surface area (Å²) >= 11 is 12.4. The Morgan fingerprint density at radius 1 is 0.402 bits per heavy atom. The Bertz CT molecular complexity index is 3200. The maximum atomic E-state index is 12.6. The lowest BCUT2D eigenvalue weighted by atomic mass is 10.1. The fraction of sp³-hybridized carbons (Fsp3) is 0.387. The summed E-state index contributed by atoms with van der Waals surface area (Å²) in [4.78, 5) is 86.6. The van der Waals surface area contributed by atoms with Gasteiger partial charge in [0, 0.05) is 89.1 Å². The van der Waals surface area contributed by atoms with E-state index in [0.717, 1.165) is 42.8 Å². The summed E-state index contributed by atoms with van der Waals surface area (Å²) in [5.74, 6) is -1.41. The molecule has 1 atom stereocenters. The van der Waals surface area contributed by atoms with Crippen molar-refractivity contribution in [2.45, 2.75) is 65.8 Å². The summed E-state index contributed by atoms with van der Waals surface area (Å²) in [6.45, 7) is 4.76. The molecule has 6 aromatic carbocycles. The average molecular weight is 1660 g/mol. The highest BCUT2D eigenvalue weighted by atomic mass is 79.9. The molecule has 0 aliphatic heterocycles. The summed E-state index contributed by atoms with van der Waals surface area (Å²) < 4.78 is 132. The SMILES string of the molecule is C#CC(C)OC(=O)COC.COCC(=O)OCc1ccc(Br)cc1.COCC(=O)OCc1ccc(C)cc1.COCC(=O)OCc1ccc(Cl)cc1.COCC(=O)OCc1ccc(F)cc1.COCC(=O)OCc1ccccc1Br.COCC(=O)OCc1ccccc1C(F)(F)F.COCCOC(=O)COC. The van der Waals surface area contributed by atoms with E-state index in [9.17, 15) is 55.9 Å². The lowest BCUT2D eigenvalue weighted by molar-refractivity contribution is -0.151. The molecule has 25 nitrogen and oxygen atoms in total. The van der Waals surface area contributed by atoms with E-state index in [0.29, 0.717) is 24.8 Å². The van der Waals surface area contributed by atoms with Crippen LogP contribution in [0.25, 0.3) is 0 Å². The van der Waals surface area contributed by atoms with E-state index in [1.54, 1.807) is 38.3 Å². The summed E-state index contributed by atoms with van der Waals surface area (Å²) in [5, 5.41) is 0.664. The topological polar surface area (TPSA) is 293 Å². The molecule has 6 aromatic rings. The Morgan fingerprint density at radius 3 is 1.07 bits per heavy atom. The van der Waals surface area contributed by atoms with Crippen molar-refractivity contribution in [3.63, 3.8) is 0 Å². The molecular formula is C75H91Br2ClF4O25. The largest absolute Gasteiger partial charge is 0.462 e. The van der Waals surface area contributed by atoms with Crippen molar-refractivity contribution in [1.82, 2.24) is 0 Å². The summed E-state index contributed by atoms with van der Waals surface area (Å²) in [6.07, 6.45) is 0.0246. The molecule has 0 N–H and O–H groups in total. The van der Waals surface area contributed by atoms with Crippen LogP contribution in [0.5, 0.6) is 0 Å². The molecule has 0 aromatic heterocycles. The monoisotopic (exact) mass is 1660 g/mol. The number of hydrogen-bond acceptors (Lipinski definition) is 25. The van der Waals surface area contributed by atoms with Gasteiger partial charge < -0.3 is 80.5 Å². The predicted molar refractivity (Wildman–Crippen MR) is 390 cm³/mol. The van der Waals surface area contributed by atoms with Gasteiger partial charge in [-0.05, 0) is 84.6 Å². The Labute approximate surface area is 642 Å². The quantitative estimate of drug-likeness (QED) is 0.0125. The molecular weight excluding hydrogens is 1570 g/mol. The van der Waals surface area contributed by atoms with E-state index >= 15 is 0 Å². The number of alkyl halides is 3. The number of terminal acetylenes is 1. The first-order valence-electron chi connectivity index (χ1n) is 31.4. The maximum Gasteiger partial charge on any atom is 0.416 e. The van der Waals surface area contributed by atoms with Crippen LogP contribution in [0.4, 0.5) is 17.6 Å². The number of carbonyl (C=O) groups excluding carboxylic acids is 8. The summed E-state index contributed by atoms with van der Waals surface area (Å²) in [6, 6.07) is 40.9. The minimum Gasteiger partial charge on any atom is -0.462 e. The van der Waals surface area contributed by atoms with Crippen molar-refractivity contribution in [2.75, 3.05) is 130 Å². The van der Waals surface area contributed by atoms with Crippen LogP contribution in [0, 0.1) is 25.1 Å².